The molecule has 3 heteroatoms. The molecular formula is C20H40O2Si. The van der Waals surface area contributed by atoms with Crippen molar-refractivity contribution in [2.24, 2.45) is 11.8 Å². The second-order valence-corrected chi connectivity index (χ2v) is 12.0. The fraction of sp³-hybridized carbons (Fsp3) is 1.00. The monoisotopic (exact) mass is 340 g/mol. The first-order chi connectivity index (χ1) is 11.1. The standard InChI is InChI=1S/C20H40O2Si/c1-5-15-21-23(19-9-7-8-10-19,22-16-17(3)6-2)20-13-11-18(4)12-14-20/h17-20H,5-16H2,1-4H3. The fourth-order valence-corrected chi connectivity index (χ4v) is 9.60. The molecule has 0 spiro atoms. The van der Waals surface area contributed by atoms with Crippen molar-refractivity contribution in [2.75, 3.05) is 13.2 Å². The highest BCUT2D eigenvalue weighted by Gasteiger charge is 2.53. The van der Waals surface area contributed by atoms with Gasteiger partial charge in [0.25, 0.3) is 0 Å². The average Bonchev–Trinajstić information content (AvgIpc) is 3.11. The van der Waals surface area contributed by atoms with Crippen molar-refractivity contribution in [3.05, 3.63) is 0 Å². The summed E-state index contributed by atoms with van der Waals surface area (Å²) in [6.45, 7) is 11.1. The molecule has 0 aliphatic heterocycles. The van der Waals surface area contributed by atoms with Crippen LogP contribution in [0.4, 0.5) is 0 Å². The molecule has 136 valence electrons. The molecule has 2 nitrogen and oxygen atoms in total. The zero-order valence-electron chi connectivity index (χ0n) is 16.1. The molecule has 0 aromatic rings. The van der Waals surface area contributed by atoms with Gasteiger partial charge < -0.3 is 8.85 Å². The zero-order valence-corrected chi connectivity index (χ0v) is 17.1. The van der Waals surface area contributed by atoms with E-state index >= 15 is 0 Å². The molecule has 0 amide bonds. The molecule has 2 fully saturated rings. The van der Waals surface area contributed by atoms with Crippen LogP contribution in [0.5, 0.6) is 0 Å². The van der Waals surface area contributed by atoms with Crippen molar-refractivity contribution in [2.45, 2.75) is 103 Å². The van der Waals surface area contributed by atoms with Crippen LogP contribution in [0.1, 0.15) is 91.9 Å². The molecule has 0 aromatic heterocycles. The molecule has 0 bridgehead atoms. The maximum atomic E-state index is 6.86. The predicted octanol–water partition coefficient (Wildman–Crippen LogP) is 6.44. The summed E-state index contributed by atoms with van der Waals surface area (Å²) in [5, 5.41) is 0. The largest absolute Gasteiger partial charge is 0.394 e. The van der Waals surface area contributed by atoms with Gasteiger partial charge in [-0.3, -0.25) is 0 Å². The quantitative estimate of drug-likeness (QED) is 0.449. The van der Waals surface area contributed by atoms with Crippen LogP contribution in [0.2, 0.25) is 11.1 Å². The van der Waals surface area contributed by atoms with E-state index in [4.69, 9.17) is 8.85 Å². The van der Waals surface area contributed by atoms with Gasteiger partial charge in [0.2, 0.25) is 0 Å². The van der Waals surface area contributed by atoms with E-state index < -0.39 is 8.56 Å². The molecule has 2 saturated carbocycles. The maximum Gasteiger partial charge on any atom is 0.344 e. The lowest BCUT2D eigenvalue weighted by atomic mass is 9.90. The second kappa shape index (κ2) is 9.58. The lowest BCUT2D eigenvalue weighted by molar-refractivity contribution is 0.120. The van der Waals surface area contributed by atoms with Gasteiger partial charge in [0.15, 0.2) is 0 Å². The van der Waals surface area contributed by atoms with E-state index in [1.807, 2.05) is 0 Å². The lowest BCUT2D eigenvalue weighted by Gasteiger charge is -2.44. The highest BCUT2D eigenvalue weighted by atomic mass is 28.4. The molecule has 0 heterocycles. The summed E-state index contributed by atoms with van der Waals surface area (Å²) >= 11 is 0. The minimum atomic E-state index is -2.09. The number of rotatable bonds is 9. The fourth-order valence-electron chi connectivity index (χ4n) is 4.49. The molecule has 23 heavy (non-hydrogen) atoms. The molecule has 2 atom stereocenters. The molecule has 0 N–H and O–H groups in total. The SMILES string of the molecule is CCCO[Si](OCC(C)CC)(C1CCCC1)C1CCC(C)CC1. The normalized spacial score (nSPS) is 30.3. The van der Waals surface area contributed by atoms with Crippen LogP contribution in [-0.4, -0.2) is 21.8 Å². The molecule has 2 aliphatic carbocycles. The Morgan fingerprint density at radius 2 is 1.52 bits per heavy atom. The summed E-state index contributed by atoms with van der Waals surface area (Å²) in [6, 6.07) is 0. The summed E-state index contributed by atoms with van der Waals surface area (Å²) in [6.07, 6.45) is 13.3. The number of hydrogen-bond donors (Lipinski definition) is 0. The Hall–Kier alpha value is 0.137. The van der Waals surface area contributed by atoms with Crippen LogP contribution in [0.3, 0.4) is 0 Å². The summed E-state index contributed by atoms with van der Waals surface area (Å²) in [4.78, 5) is 0. The van der Waals surface area contributed by atoms with Gasteiger partial charge in [0, 0.05) is 24.3 Å². The van der Waals surface area contributed by atoms with E-state index in [-0.39, 0.29) is 0 Å². The van der Waals surface area contributed by atoms with Crippen molar-refractivity contribution in [3.8, 4) is 0 Å². The maximum absolute atomic E-state index is 6.86. The molecule has 0 saturated heterocycles. The molecule has 0 radical (unpaired) electrons. The van der Waals surface area contributed by atoms with Crippen molar-refractivity contribution in [1.82, 2.24) is 0 Å². The Labute approximate surface area is 146 Å². The topological polar surface area (TPSA) is 18.5 Å². The van der Waals surface area contributed by atoms with Gasteiger partial charge in [-0.15, -0.1) is 0 Å². The van der Waals surface area contributed by atoms with Crippen LogP contribution in [0, 0.1) is 11.8 Å². The highest BCUT2D eigenvalue weighted by Crippen LogP contribution is 2.51. The van der Waals surface area contributed by atoms with Crippen LogP contribution in [-0.2, 0) is 8.85 Å². The van der Waals surface area contributed by atoms with E-state index in [2.05, 4.69) is 27.7 Å². The van der Waals surface area contributed by atoms with Crippen LogP contribution >= 0.6 is 0 Å². The van der Waals surface area contributed by atoms with Crippen LogP contribution in [0.15, 0.2) is 0 Å². The molecule has 0 aromatic carbocycles. The van der Waals surface area contributed by atoms with E-state index in [9.17, 15) is 0 Å². The Morgan fingerprint density at radius 3 is 2.09 bits per heavy atom. The molecule has 2 unspecified atom stereocenters. The van der Waals surface area contributed by atoms with Crippen molar-refractivity contribution in [1.29, 1.82) is 0 Å². The third-order valence-electron chi connectivity index (χ3n) is 6.33. The van der Waals surface area contributed by atoms with Gasteiger partial charge in [-0.2, -0.15) is 0 Å². The summed E-state index contributed by atoms with van der Waals surface area (Å²) < 4.78 is 13.6. The van der Waals surface area contributed by atoms with Gasteiger partial charge in [0.1, 0.15) is 0 Å². The van der Waals surface area contributed by atoms with E-state index in [0.717, 1.165) is 36.6 Å². The van der Waals surface area contributed by atoms with Gasteiger partial charge >= 0.3 is 8.56 Å². The third kappa shape index (κ3) is 5.06. The minimum Gasteiger partial charge on any atom is -0.394 e. The Bertz CT molecular complexity index is 322. The van der Waals surface area contributed by atoms with Crippen molar-refractivity contribution >= 4 is 8.56 Å². The molecule has 2 aliphatic rings. The summed E-state index contributed by atoms with van der Waals surface area (Å²) in [5.41, 5.74) is 1.51. The van der Waals surface area contributed by atoms with Gasteiger partial charge in [-0.05, 0) is 43.9 Å². The number of hydrogen-bond acceptors (Lipinski definition) is 2. The van der Waals surface area contributed by atoms with Gasteiger partial charge in [-0.1, -0.05) is 59.8 Å². The van der Waals surface area contributed by atoms with Crippen molar-refractivity contribution < 1.29 is 8.85 Å². The van der Waals surface area contributed by atoms with E-state index in [1.54, 1.807) is 0 Å². The van der Waals surface area contributed by atoms with Crippen LogP contribution < -0.4 is 0 Å². The van der Waals surface area contributed by atoms with Crippen LogP contribution in [0.25, 0.3) is 0 Å². The highest BCUT2D eigenvalue weighted by molar-refractivity contribution is 6.70. The van der Waals surface area contributed by atoms with Gasteiger partial charge in [0.05, 0.1) is 0 Å². The molecule has 2 rings (SSSR count). The van der Waals surface area contributed by atoms with Crippen molar-refractivity contribution in [3.63, 3.8) is 0 Å². The minimum absolute atomic E-state index is 0.663. The summed E-state index contributed by atoms with van der Waals surface area (Å²) in [5.74, 6) is 1.57. The first-order valence-corrected chi connectivity index (χ1v) is 12.4. The smallest absolute Gasteiger partial charge is 0.344 e. The Morgan fingerprint density at radius 1 is 0.913 bits per heavy atom. The first kappa shape index (κ1) is 19.5. The zero-order chi connectivity index (χ0) is 16.7. The predicted molar refractivity (Wildman–Crippen MR) is 101 cm³/mol. The van der Waals surface area contributed by atoms with E-state index in [1.165, 1.54) is 57.8 Å². The molecular weight excluding hydrogens is 300 g/mol. The second-order valence-electron chi connectivity index (χ2n) is 8.33. The average molecular weight is 341 g/mol. The first-order valence-electron chi connectivity index (χ1n) is 10.4. The third-order valence-corrected chi connectivity index (χ3v) is 11.0. The summed E-state index contributed by atoms with van der Waals surface area (Å²) in [7, 11) is -2.09. The lowest BCUT2D eigenvalue weighted by Crippen LogP contribution is -2.52. The Balaban J connectivity index is 2.16. The van der Waals surface area contributed by atoms with E-state index in [0.29, 0.717) is 5.92 Å². The van der Waals surface area contributed by atoms with Gasteiger partial charge in [-0.25, -0.2) is 0 Å². The Kier molecular flexibility index (Phi) is 8.10.